The van der Waals surface area contributed by atoms with Crippen molar-refractivity contribution in [2.75, 3.05) is 12.3 Å². The van der Waals surface area contributed by atoms with Crippen molar-refractivity contribution in [3.63, 3.8) is 0 Å². The Kier molecular flexibility index (Phi) is 4.45. The zero-order valence-electron chi connectivity index (χ0n) is 11.8. The van der Waals surface area contributed by atoms with Crippen LogP contribution >= 0.6 is 0 Å². The van der Waals surface area contributed by atoms with Crippen LogP contribution in [-0.2, 0) is 21.2 Å². The van der Waals surface area contributed by atoms with Gasteiger partial charge in [-0.2, -0.15) is 0 Å². The lowest BCUT2D eigenvalue weighted by Crippen LogP contribution is -2.38. The molecule has 6 heteroatoms. The summed E-state index contributed by atoms with van der Waals surface area (Å²) in [5.74, 6) is -0.312. The molecule has 0 saturated carbocycles. The molecule has 0 fully saturated rings. The average molecular weight is 296 g/mol. The van der Waals surface area contributed by atoms with Gasteiger partial charge in [0.1, 0.15) is 0 Å². The van der Waals surface area contributed by atoms with Gasteiger partial charge in [0.25, 0.3) is 0 Å². The van der Waals surface area contributed by atoms with E-state index in [1.165, 1.54) is 18.1 Å². The monoisotopic (exact) mass is 296 g/mol. The molecule has 5 nitrogen and oxygen atoms in total. The zero-order valence-corrected chi connectivity index (χ0v) is 12.6. The van der Waals surface area contributed by atoms with E-state index in [0.29, 0.717) is 0 Å². The van der Waals surface area contributed by atoms with Gasteiger partial charge in [-0.05, 0) is 43.4 Å². The summed E-state index contributed by atoms with van der Waals surface area (Å²) < 4.78 is 24.9. The van der Waals surface area contributed by atoms with Gasteiger partial charge in [0, 0.05) is 0 Å². The minimum atomic E-state index is -3.33. The molecule has 1 aliphatic rings. The van der Waals surface area contributed by atoms with Gasteiger partial charge in [-0.15, -0.1) is 0 Å². The Morgan fingerprint density at radius 3 is 2.85 bits per heavy atom. The fourth-order valence-electron chi connectivity index (χ4n) is 2.51. The van der Waals surface area contributed by atoms with Crippen molar-refractivity contribution in [2.24, 2.45) is 0 Å². The predicted octanol–water partition coefficient (Wildman–Crippen LogP) is 1.04. The number of nitrogens with one attached hydrogen (secondary N) is 2. The standard InChI is InChI=1S/C14H20N2O3S/c1-3-20(18,19)15-9-14(17)16-13-8-7-11-10(2)5-4-6-12(11)13/h4-6,13,15H,3,7-9H2,1-2H3,(H,16,17). The molecule has 2 rings (SSSR count). The van der Waals surface area contributed by atoms with Crippen LogP contribution in [0.25, 0.3) is 0 Å². The fourth-order valence-corrected chi connectivity index (χ4v) is 3.07. The number of benzene rings is 1. The fraction of sp³-hybridized carbons (Fsp3) is 0.500. The van der Waals surface area contributed by atoms with E-state index in [4.69, 9.17) is 0 Å². The summed E-state index contributed by atoms with van der Waals surface area (Å²) in [5, 5.41) is 2.89. The van der Waals surface area contributed by atoms with E-state index in [1.54, 1.807) is 0 Å². The Morgan fingerprint density at radius 2 is 2.15 bits per heavy atom. The van der Waals surface area contributed by atoms with Crippen LogP contribution in [0.2, 0.25) is 0 Å². The largest absolute Gasteiger partial charge is 0.348 e. The Labute approximate surface area is 119 Å². The molecule has 110 valence electrons. The maximum absolute atomic E-state index is 11.8. The van der Waals surface area contributed by atoms with Gasteiger partial charge in [0.05, 0.1) is 18.3 Å². The van der Waals surface area contributed by atoms with Crippen LogP contribution in [0.3, 0.4) is 0 Å². The number of hydrogen-bond donors (Lipinski definition) is 2. The van der Waals surface area contributed by atoms with Gasteiger partial charge in [-0.3, -0.25) is 4.79 Å². The molecule has 1 aliphatic carbocycles. The first-order valence-corrected chi connectivity index (χ1v) is 8.43. The molecule has 2 N–H and O–H groups in total. The highest BCUT2D eigenvalue weighted by Crippen LogP contribution is 2.32. The van der Waals surface area contributed by atoms with Crippen molar-refractivity contribution < 1.29 is 13.2 Å². The molecule has 0 spiro atoms. The molecular formula is C14H20N2O3S. The quantitative estimate of drug-likeness (QED) is 0.852. The first kappa shape index (κ1) is 15.0. The van der Waals surface area contributed by atoms with Crippen molar-refractivity contribution in [1.29, 1.82) is 0 Å². The van der Waals surface area contributed by atoms with E-state index in [0.717, 1.165) is 18.4 Å². The maximum atomic E-state index is 11.8. The topological polar surface area (TPSA) is 75.3 Å². The van der Waals surface area contributed by atoms with E-state index >= 15 is 0 Å². The molecule has 0 aliphatic heterocycles. The summed E-state index contributed by atoms with van der Waals surface area (Å²) in [4.78, 5) is 11.8. The molecule has 0 radical (unpaired) electrons. The summed E-state index contributed by atoms with van der Waals surface area (Å²) in [6, 6.07) is 6.07. The first-order valence-electron chi connectivity index (χ1n) is 6.78. The van der Waals surface area contributed by atoms with Crippen LogP contribution in [0.15, 0.2) is 18.2 Å². The van der Waals surface area contributed by atoms with Gasteiger partial charge in [0.15, 0.2) is 0 Å². The summed E-state index contributed by atoms with van der Waals surface area (Å²) in [6.07, 6.45) is 1.82. The second-order valence-electron chi connectivity index (χ2n) is 5.03. The van der Waals surface area contributed by atoms with E-state index in [2.05, 4.69) is 23.0 Å². The van der Waals surface area contributed by atoms with Gasteiger partial charge in [-0.25, -0.2) is 13.1 Å². The predicted molar refractivity (Wildman–Crippen MR) is 77.8 cm³/mol. The highest BCUT2D eigenvalue weighted by Gasteiger charge is 2.24. The van der Waals surface area contributed by atoms with E-state index in [9.17, 15) is 13.2 Å². The SMILES string of the molecule is CCS(=O)(=O)NCC(=O)NC1CCc2c(C)cccc21. The third kappa shape index (κ3) is 3.37. The van der Waals surface area contributed by atoms with Crippen LogP contribution in [-0.4, -0.2) is 26.6 Å². The molecule has 0 bridgehead atoms. The smallest absolute Gasteiger partial charge is 0.235 e. The lowest BCUT2D eigenvalue weighted by molar-refractivity contribution is -0.120. The lowest BCUT2D eigenvalue weighted by atomic mass is 10.0. The van der Waals surface area contributed by atoms with Crippen molar-refractivity contribution >= 4 is 15.9 Å². The van der Waals surface area contributed by atoms with Gasteiger partial charge in [-0.1, -0.05) is 18.2 Å². The van der Waals surface area contributed by atoms with E-state index < -0.39 is 10.0 Å². The van der Waals surface area contributed by atoms with Gasteiger partial charge >= 0.3 is 0 Å². The number of hydrogen-bond acceptors (Lipinski definition) is 3. The van der Waals surface area contributed by atoms with E-state index in [1.807, 2.05) is 12.1 Å². The highest BCUT2D eigenvalue weighted by atomic mass is 32.2. The molecule has 1 aromatic rings. The second kappa shape index (κ2) is 5.93. The molecule has 20 heavy (non-hydrogen) atoms. The Bertz CT molecular complexity index is 611. The normalized spacial score (nSPS) is 17.8. The number of carbonyl (C=O) groups excluding carboxylic acids is 1. The highest BCUT2D eigenvalue weighted by molar-refractivity contribution is 7.89. The first-order chi connectivity index (χ1) is 9.43. The third-order valence-electron chi connectivity index (χ3n) is 3.67. The maximum Gasteiger partial charge on any atom is 0.235 e. The molecule has 1 atom stereocenters. The summed E-state index contributed by atoms with van der Waals surface area (Å²) in [6.45, 7) is 3.41. The van der Waals surface area contributed by atoms with Crippen LogP contribution < -0.4 is 10.0 Å². The average Bonchev–Trinajstić information content (AvgIpc) is 2.82. The molecule has 0 heterocycles. The lowest BCUT2D eigenvalue weighted by Gasteiger charge is -2.14. The number of fused-ring (bicyclic) bond motifs is 1. The van der Waals surface area contributed by atoms with Crippen molar-refractivity contribution in [2.45, 2.75) is 32.7 Å². The second-order valence-corrected chi connectivity index (χ2v) is 7.12. The van der Waals surface area contributed by atoms with Crippen LogP contribution in [0.1, 0.15) is 36.1 Å². The molecule has 0 saturated heterocycles. The number of carbonyl (C=O) groups is 1. The Morgan fingerprint density at radius 1 is 1.40 bits per heavy atom. The minimum Gasteiger partial charge on any atom is -0.348 e. The van der Waals surface area contributed by atoms with Crippen molar-refractivity contribution in [1.82, 2.24) is 10.0 Å². The summed E-state index contributed by atoms with van der Waals surface area (Å²) >= 11 is 0. The third-order valence-corrected chi connectivity index (χ3v) is 5.02. The van der Waals surface area contributed by atoms with Gasteiger partial charge < -0.3 is 5.32 Å². The van der Waals surface area contributed by atoms with Crippen molar-refractivity contribution in [3.05, 3.63) is 34.9 Å². The summed E-state index contributed by atoms with van der Waals surface area (Å²) in [7, 11) is -3.33. The van der Waals surface area contributed by atoms with Gasteiger partial charge in [0.2, 0.25) is 15.9 Å². The minimum absolute atomic E-state index is 0.0106. The van der Waals surface area contributed by atoms with E-state index in [-0.39, 0.29) is 24.2 Å². The Balaban J connectivity index is 1.96. The zero-order chi connectivity index (χ0) is 14.8. The van der Waals surface area contributed by atoms with Crippen LogP contribution in [0.4, 0.5) is 0 Å². The molecule has 0 aromatic heterocycles. The number of rotatable bonds is 5. The number of sulfonamides is 1. The summed E-state index contributed by atoms with van der Waals surface area (Å²) in [5.41, 5.74) is 3.69. The van der Waals surface area contributed by atoms with Crippen molar-refractivity contribution in [3.8, 4) is 0 Å². The van der Waals surface area contributed by atoms with Crippen LogP contribution in [0.5, 0.6) is 0 Å². The molecule has 1 unspecified atom stereocenters. The molecular weight excluding hydrogens is 276 g/mol. The molecule has 1 amide bonds. The molecule has 1 aromatic carbocycles. The Hall–Kier alpha value is -1.40. The number of aryl methyl sites for hydroxylation is 1. The number of amides is 1. The van der Waals surface area contributed by atoms with Crippen LogP contribution in [0, 0.1) is 6.92 Å².